The van der Waals surface area contributed by atoms with Gasteiger partial charge in [0.15, 0.2) is 0 Å². The highest BCUT2D eigenvalue weighted by atomic mass is 79.9. The van der Waals surface area contributed by atoms with Crippen LogP contribution in [0.4, 0.5) is 5.69 Å². The van der Waals surface area contributed by atoms with Crippen molar-refractivity contribution >= 4 is 38.3 Å². The minimum atomic E-state index is -0.245. The topological polar surface area (TPSA) is 54.9 Å². The molecule has 0 atom stereocenters. The van der Waals surface area contributed by atoms with Gasteiger partial charge in [-0.05, 0) is 39.5 Å². The number of halogens is 1. The molecule has 0 saturated carbocycles. The van der Waals surface area contributed by atoms with Crippen LogP contribution in [0.25, 0.3) is 10.8 Å². The summed E-state index contributed by atoms with van der Waals surface area (Å²) in [6.45, 7) is 0. The Morgan fingerprint density at radius 3 is 2.70 bits per heavy atom. The lowest BCUT2D eigenvalue weighted by Crippen LogP contribution is -2.14. The van der Waals surface area contributed by atoms with Crippen LogP contribution in [0.3, 0.4) is 0 Å². The number of aromatic nitrogens is 2. The molecule has 0 bridgehead atoms. The number of hydrogen-bond acceptors (Lipinski definition) is 3. The van der Waals surface area contributed by atoms with Gasteiger partial charge in [0.25, 0.3) is 5.91 Å². The van der Waals surface area contributed by atoms with Gasteiger partial charge in [0.2, 0.25) is 0 Å². The summed E-state index contributed by atoms with van der Waals surface area (Å²) < 4.78 is 0.721. The van der Waals surface area contributed by atoms with Gasteiger partial charge in [-0.15, -0.1) is 0 Å². The van der Waals surface area contributed by atoms with E-state index in [9.17, 15) is 4.79 Å². The molecule has 0 aliphatic carbocycles. The SMILES string of the molecule is O=C(Nc1ccc(Br)nc1)c1nccc2ccccc12. The molecule has 0 aliphatic heterocycles. The van der Waals surface area contributed by atoms with Crippen molar-refractivity contribution in [3.05, 3.63) is 65.2 Å². The summed E-state index contributed by atoms with van der Waals surface area (Å²) in [4.78, 5) is 20.5. The summed E-state index contributed by atoms with van der Waals surface area (Å²) in [7, 11) is 0. The quantitative estimate of drug-likeness (QED) is 0.731. The van der Waals surface area contributed by atoms with Crippen LogP contribution in [-0.2, 0) is 0 Å². The first-order chi connectivity index (χ1) is 9.74. The van der Waals surface area contributed by atoms with E-state index in [2.05, 4.69) is 31.2 Å². The number of benzene rings is 1. The Morgan fingerprint density at radius 1 is 1.05 bits per heavy atom. The average molecular weight is 328 g/mol. The van der Waals surface area contributed by atoms with Crippen molar-refractivity contribution in [2.45, 2.75) is 0 Å². The van der Waals surface area contributed by atoms with E-state index in [1.54, 1.807) is 24.5 Å². The number of nitrogens with zero attached hydrogens (tertiary/aromatic N) is 2. The molecule has 0 unspecified atom stereocenters. The third-order valence-electron chi connectivity index (χ3n) is 2.87. The molecule has 2 aromatic heterocycles. The molecular weight excluding hydrogens is 318 g/mol. The molecular formula is C15H10BrN3O. The van der Waals surface area contributed by atoms with Gasteiger partial charge in [-0.25, -0.2) is 4.98 Å². The molecule has 1 aromatic carbocycles. The van der Waals surface area contributed by atoms with Crippen LogP contribution in [0, 0.1) is 0 Å². The summed E-state index contributed by atoms with van der Waals surface area (Å²) in [5.41, 5.74) is 1.04. The van der Waals surface area contributed by atoms with Crippen molar-refractivity contribution < 1.29 is 4.79 Å². The molecule has 5 heteroatoms. The van der Waals surface area contributed by atoms with E-state index in [-0.39, 0.29) is 5.91 Å². The number of amides is 1. The fourth-order valence-electron chi connectivity index (χ4n) is 1.94. The average Bonchev–Trinajstić information content (AvgIpc) is 2.49. The van der Waals surface area contributed by atoms with Crippen molar-refractivity contribution in [3.8, 4) is 0 Å². The minimum absolute atomic E-state index is 0.245. The number of pyridine rings is 2. The zero-order chi connectivity index (χ0) is 13.9. The van der Waals surface area contributed by atoms with Crippen molar-refractivity contribution in [2.75, 3.05) is 5.32 Å². The van der Waals surface area contributed by atoms with E-state index >= 15 is 0 Å². The highest BCUT2D eigenvalue weighted by molar-refractivity contribution is 9.10. The number of fused-ring (bicyclic) bond motifs is 1. The molecule has 3 rings (SSSR count). The van der Waals surface area contributed by atoms with Crippen LogP contribution in [0.5, 0.6) is 0 Å². The van der Waals surface area contributed by atoms with E-state index in [1.807, 2.05) is 30.3 Å². The van der Waals surface area contributed by atoms with Gasteiger partial charge in [-0.1, -0.05) is 24.3 Å². The Balaban J connectivity index is 1.94. The second-order valence-corrected chi connectivity index (χ2v) is 5.02. The van der Waals surface area contributed by atoms with E-state index < -0.39 is 0 Å². The van der Waals surface area contributed by atoms with E-state index in [0.29, 0.717) is 11.4 Å². The molecule has 0 saturated heterocycles. The number of hydrogen-bond donors (Lipinski definition) is 1. The Labute approximate surface area is 124 Å². The molecule has 0 aliphatic rings. The van der Waals surface area contributed by atoms with Crippen LogP contribution in [-0.4, -0.2) is 15.9 Å². The fourth-order valence-corrected chi connectivity index (χ4v) is 2.18. The van der Waals surface area contributed by atoms with Crippen LogP contribution >= 0.6 is 15.9 Å². The molecule has 1 N–H and O–H groups in total. The molecule has 1 amide bonds. The normalized spacial score (nSPS) is 10.4. The smallest absolute Gasteiger partial charge is 0.274 e. The Bertz CT molecular complexity index is 766. The number of nitrogens with one attached hydrogen (secondary N) is 1. The first kappa shape index (κ1) is 12.7. The Kier molecular flexibility index (Phi) is 3.43. The molecule has 2 heterocycles. The van der Waals surface area contributed by atoms with Crippen LogP contribution < -0.4 is 5.32 Å². The van der Waals surface area contributed by atoms with Crippen LogP contribution in [0.15, 0.2) is 59.5 Å². The zero-order valence-corrected chi connectivity index (χ0v) is 12.0. The number of carbonyl (C=O) groups is 1. The molecule has 0 radical (unpaired) electrons. The summed E-state index contributed by atoms with van der Waals surface area (Å²) in [5.74, 6) is -0.245. The lowest BCUT2D eigenvalue weighted by atomic mass is 10.1. The standard InChI is InChI=1S/C15H10BrN3O/c16-13-6-5-11(9-18-13)19-15(20)14-12-4-2-1-3-10(12)7-8-17-14/h1-9H,(H,19,20). The largest absolute Gasteiger partial charge is 0.319 e. The van der Waals surface area contributed by atoms with Gasteiger partial charge in [0.1, 0.15) is 10.3 Å². The predicted molar refractivity (Wildman–Crippen MR) is 81.6 cm³/mol. The maximum Gasteiger partial charge on any atom is 0.274 e. The number of carbonyl (C=O) groups excluding carboxylic acids is 1. The number of rotatable bonds is 2. The number of anilines is 1. The second kappa shape index (κ2) is 5.38. The maximum atomic E-state index is 12.3. The molecule has 0 spiro atoms. The van der Waals surface area contributed by atoms with Crippen molar-refractivity contribution in [1.29, 1.82) is 0 Å². The first-order valence-electron chi connectivity index (χ1n) is 6.01. The summed E-state index contributed by atoms with van der Waals surface area (Å²) in [6.07, 6.45) is 3.23. The maximum absolute atomic E-state index is 12.3. The lowest BCUT2D eigenvalue weighted by Gasteiger charge is -2.06. The van der Waals surface area contributed by atoms with E-state index in [1.165, 1.54) is 0 Å². The summed E-state index contributed by atoms with van der Waals surface area (Å²) in [6, 6.07) is 13.1. The summed E-state index contributed by atoms with van der Waals surface area (Å²) >= 11 is 3.25. The van der Waals surface area contributed by atoms with Gasteiger partial charge < -0.3 is 5.32 Å². The van der Waals surface area contributed by atoms with Gasteiger partial charge in [0, 0.05) is 11.6 Å². The van der Waals surface area contributed by atoms with Crippen LogP contribution in [0.1, 0.15) is 10.5 Å². The fraction of sp³-hybridized carbons (Fsp3) is 0. The third-order valence-corrected chi connectivity index (χ3v) is 3.34. The second-order valence-electron chi connectivity index (χ2n) is 4.20. The molecule has 4 nitrogen and oxygen atoms in total. The third kappa shape index (κ3) is 2.53. The molecule has 3 aromatic rings. The van der Waals surface area contributed by atoms with E-state index in [4.69, 9.17) is 0 Å². The van der Waals surface area contributed by atoms with Gasteiger partial charge in [0.05, 0.1) is 11.9 Å². The highest BCUT2D eigenvalue weighted by Crippen LogP contribution is 2.18. The predicted octanol–water partition coefficient (Wildman–Crippen LogP) is 3.64. The van der Waals surface area contributed by atoms with E-state index in [0.717, 1.165) is 15.4 Å². The van der Waals surface area contributed by atoms with Gasteiger partial charge in [-0.2, -0.15) is 0 Å². The Morgan fingerprint density at radius 2 is 1.90 bits per heavy atom. The molecule has 98 valence electrons. The lowest BCUT2D eigenvalue weighted by molar-refractivity contribution is 0.102. The van der Waals surface area contributed by atoms with Crippen molar-refractivity contribution in [2.24, 2.45) is 0 Å². The van der Waals surface area contributed by atoms with Gasteiger partial charge >= 0.3 is 0 Å². The zero-order valence-electron chi connectivity index (χ0n) is 10.4. The first-order valence-corrected chi connectivity index (χ1v) is 6.80. The van der Waals surface area contributed by atoms with Crippen molar-refractivity contribution in [1.82, 2.24) is 9.97 Å². The Hall–Kier alpha value is -2.27. The summed E-state index contributed by atoms with van der Waals surface area (Å²) in [5, 5.41) is 4.61. The molecule has 20 heavy (non-hydrogen) atoms. The van der Waals surface area contributed by atoms with Gasteiger partial charge in [-0.3, -0.25) is 9.78 Å². The monoisotopic (exact) mass is 327 g/mol. The van der Waals surface area contributed by atoms with Crippen molar-refractivity contribution in [3.63, 3.8) is 0 Å². The minimum Gasteiger partial charge on any atom is -0.319 e. The molecule has 0 fully saturated rings. The van der Waals surface area contributed by atoms with Crippen LogP contribution in [0.2, 0.25) is 0 Å². The highest BCUT2D eigenvalue weighted by Gasteiger charge is 2.11.